The van der Waals surface area contributed by atoms with E-state index in [2.05, 4.69) is 15.2 Å². The molecule has 2 atom stereocenters. The van der Waals surface area contributed by atoms with Gasteiger partial charge in [0.1, 0.15) is 6.61 Å². The summed E-state index contributed by atoms with van der Waals surface area (Å²) in [5.41, 5.74) is 1.32. The lowest BCUT2D eigenvalue weighted by atomic mass is 10.0. The Bertz CT molecular complexity index is 1270. The van der Waals surface area contributed by atoms with Crippen LogP contribution in [0, 0.1) is 0 Å². The Hall–Kier alpha value is -3.24. The topological polar surface area (TPSA) is 115 Å². The lowest BCUT2D eigenvalue weighted by molar-refractivity contribution is -0.156. The molecule has 10 heteroatoms. The van der Waals surface area contributed by atoms with E-state index in [1.165, 1.54) is 6.07 Å². The Kier molecular flexibility index (Phi) is 8.37. The number of amides is 2. The van der Waals surface area contributed by atoms with Crippen LogP contribution in [0.15, 0.2) is 59.4 Å². The fraction of sp³-hybridized carbons (Fsp3) is 0.346. The first-order valence-corrected chi connectivity index (χ1v) is 12.1. The van der Waals surface area contributed by atoms with Gasteiger partial charge >= 0.3 is 0 Å². The number of aliphatic hydroxyl groups is 1. The number of aliphatic hydroxyl groups excluding tert-OH is 1. The van der Waals surface area contributed by atoms with E-state index in [0.717, 1.165) is 18.5 Å². The van der Waals surface area contributed by atoms with Crippen molar-refractivity contribution in [3.05, 3.63) is 81.1 Å². The second kappa shape index (κ2) is 11.7. The smallest absolute Gasteiger partial charge is 0.251 e. The van der Waals surface area contributed by atoms with Crippen LogP contribution in [0.2, 0.25) is 5.02 Å². The molecule has 3 aromatic rings. The number of aromatic nitrogens is 1. The number of nitrogens with one attached hydrogen (secondary N) is 2. The van der Waals surface area contributed by atoms with Crippen LogP contribution in [-0.2, 0) is 16.0 Å². The molecule has 0 spiro atoms. The molecular weight excluding hydrogens is 484 g/mol. The van der Waals surface area contributed by atoms with E-state index in [4.69, 9.17) is 16.3 Å². The van der Waals surface area contributed by atoms with Crippen LogP contribution >= 0.6 is 11.6 Å². The number of fused-ring (bicyclic) bond motifs is 1. The molecule has 190 valence electrons. The average molecular weight is 513 g/mol. The van der Waals surface area contributed by atoms with E-state index in [9.17, 15) is 19.5 Å². The maximum atomic E-state index is 12.9. The molecule has 1 aliphatic heterocycles. The van der Waals surface area contributed by atoms with Crippen LogP contribution in [0.25, 0.3) is 10.9 Å². The highest BCUT2D eigenvalue weighted by Crippen LogP contribution is 2.18. The molecule has 0 bridgehead atoms. The zero-order valence-corrected chi connectivity index (χ0v) is 20.7. The first kappa shape index (κ1) is 25.8. The molecule has 36 heavy (non-hydrogen) atoms. The highest BCUT2D eigenvalue weighted by atomic mass is 35.5. The van der Waals surface area contributed by atoms with E-state index < -0.39 is 18.2 Å². The number of aromatic amines is 1. The number of pyridine rings is 1. The molecule has 2 heterocycles. The molecule has 0 radical (unpaired) electrons. The Labute approximate surface area is 213 Å². The zero-order valence-electron chi connectivity index (χ0n) is 19.9. The zero-order chi connectivity index (χ0) is 25.7. The van der Waals surface area contributed by atoms with Crippen molar-refractivity contribution in [2.75, 3.05) is 39.8 Å². The minimum absolute atomic E-state index is 0.105. The minimum atomic E-state index is -1.49. The number of H-pyrrole nitrogens is 1. The number of hydrogen-bond acceptors (Lipinski definition) is 6. The van der Waals surface area contributed by atoms with Gasteiger partial charge in [-0.1, -0.05) is 29.8 Å². The normalized spacial score (nSPS) is 16.0. The van der Waals surface area contributed by atoms with E-state index >= 15 is 0 Å². The average Bonchev–Trinajstić information content (AvgIpc) is 2.87. The molecule has 0 saturated carbocycles. The van der Waals surface area contributed by atoms with Gasteiger partial charge in [-0.2, -0.15) is 0 Å². The van der Waals surface area contributed by atoms with Crippen LogP contribution in [0.1, 0.15) is 15.9 Å². The summed E-state index contributed by atoms with van der Waals surface area (Å²) in [4.78, 5) is 44.4. The molecular formula is C26H29ClN4O5. The van der Waals surface area contributed by atoms with Crippen LogP contribution in [0.5, 0.6) is 0 Å². The Morgan fingerprint density at radius 2 is 1.81 bits per heavy atom. The predicted molar refractivity (Wildman–Crippen MR) is 137 cm³/mol. The molecule has 4 rings (SSSR count). The van der Waals surface area contributed by atoms with Crippen molar-refractivity contribution < 1.29 is 19.4 Å². The summed E-state index contributed by atoms with van der Waals surface area (Å²) >= 11 is 5.93. The Balaban J connectivity index is 1.52. The van der Waals surface area contributed by atoms with Gasteiger partial charge in [0.15, 0.2) is 6.29 Å². The highest BCUT2D eigenvalue weighted by Gasteiger charge is 2.26. The number of hydrogen-bond donors (Lipinski definition) is 3. The van der Waals surface area contributed by atoms with Crippen molar-refractivity contribution in [2.24, 2.45) is 0 Å². The van der Waals surface area contributed by atoms with E-state index in [0.29, 0.717) is 34.8 Å². The number of benzene rings is 2. The number of likely N-dealkylation sites (N-methyl/N-ethyl adjacent to an activating group) is 1. The van der Waals surface area contributed by atoms with Crippen LogP contribution < -0.4 is 10.9 Å². The van der Waals surface area contributed by atoms with Gasteiger partial charge in [-0.15, -0.1) is 0 Å². The third-order valence-electron chi connectivity index (χ3n) is 6.28. The molecule has 1 aromatic heterocycles. The molecule has 9 nitrogen and oxygen atoms in total. The van der Waals surface area contributed by atoms with E-state index in [1.54, 1.807) is 35.2 Å². The van der Waals surface area contributed by atoms with Crippen molar-refractivity contribution in [1.82, 2.24) is 20.1 Å². The maximum absolute atomic E-state index is 12.9. The number of nitrogens with zero attached hydrogens (tertiary/aromatic N) is 2. The third-order valence-corrected chi connectivity index (χ3v) is 6.53. The van der Waals surface area contributed by atoms with Crippen molar-refractivity contribution in [1.29, 1.82) is 0 Å². The summed E-state index contributed by atoms with van der Waals surface area (Å²) in [5, 5.41) is 15.0. The van der Waals surface area contributed by atoms with E-state index in [1.807, 2.05) is 25.2 Å². The summed E-state index contributed by atoms with van der Waals surface area (Å²) in [7, 11) is 1.99. The van der Waals surface area contributed by atoms with Crippen molar-refractivity contribution in [3.63, 3.8) is 0 Å². The number of ether oxygens (including phenoxy) is 1. The van der Waals surface area contributed by atoms with Gasteiger partial charge in [-0.25, -0.2) is 0 Å². The predicted octanol–water partition coefficient (Wildman–Crippen LogP) is 1.63. The number of halogens is 1. The first-order valence-electron chi connectivity index (χ1n) is 11.7. The van der Waals surface area contributed by atoms with Gasteiger partial charge in [0.05, 0.1) is 6.04 Å². The summed E-state index contributed by atoms with van der Waals surface area (Å²) in [6, 6.07) is 14.1. The number of piperazine rings is 1. The van der Waals surface area contributed by atoms with Crippen LogP contribution in [0.4, 0.5) is 0 Å². The first-order chi connectivity index (χ1) is 17.3. The molecule has 1 fully saturated rings. The van der Waals surface area contributed by atoms with Gasteiger partial charge in [0.2, 0.25) is 11.5 Å². The molecule has 2 unspecified atom stereocenters. The quantitative estimate of drug-likeness (QED) is 0.395. The summed E-state index contributed by atoms with van der Waals surface area (Å²) in [6.45, 7) is 2.39. The monoisotopic (exact) mass is 512 g/mol. The third kappa shape index (κ3) is 6.50. The molecule has 2 amide bonds. The van der Waals surface area contributed by atoms with Gasteiger partial charge in [0, 0.05) is 53.7 Å². The maximum Gasteiger partial charge on any atom is 0.251 e. The van der Waals surface area contributed by atoms with E-state index in [-0.39, 0.29) is 24.5 Å². The van der Waals surface area contributed by atoms with Crippen molar-refractivity contribution >= 4 is 34.3 Å². The molecule has 3 N–H and O–H groups in total. The lowest BCUT2D eigenvalue weighted by Gasteiger charge is -2.33. The number of para-hydroxylation sites is 1. The van der Waals surface area contributed by atoms with Gasteiger partial charge < -0.3 is 29.9 Å². The second-order valence-corrected chi connectivity index (χ2v) is 9.32. The number of rotatable bonds is 8. The van der Waals surface area contributed by atoms with Gasteiger partial charge in [0.25, 0.3) is 5.91 Å². The Morgan fingerprint density at radius 1 is 1.11 bits per heavy atom. The molecule has 0 aliphatic carbocycles. The fourth-order valence-electron chi connectivity index (χ4n) is 4.18. The SMILES string of the molecule is CN1CCN(C(=O)COC(O)C(Cc2cc(=O)[nH]c3ccccc23)NC(=O)c2ccc(Cl)cc2)CC1. The molecule has 1 saturated heterocycles. The summed E-state index contributed by atoms with van der Waals surface area (Å²) < 4.78 is 5.55. The molecule has 1 aliphatic rings. The van der Waals surface area contributed by atoms with Gasteiger partial charge in [-0.05, 0) is 49.4 Å². The highest BCUT2D eigenvalue weighted by molar-refractivity contribution is 6.30. The van der Waals surface area contributed by atoms with Crippen LogP contribution in [0.3, 0.4) is 0 Å². The standard InChI is InChI=1S/C26H29ClN4O5/c1-30-10-12-31(13-11-30)24(33)16-36-26(35)22(29-25(34)17-6-8-19(27)9-7-17)14-18-15-23(32)28-21-5-3-2-4-20(18)21/h2-9,15,22,26,35H,10-14,16H2,1H3,(H,28,32)(H,29,34). The lowest BCUT2D eigenvalue weighted by Crippen LogP contribution is -2.50. The summed E-state index contributed by atoms with van der Waals surface area (Å²) in [6.07, 6.45) is -1.39. The largest absolute Gasteiger partial charge is 0.366 e. The fourth-order valence-corrected chi connectivity index (χ4v) is 4.30. The van der Waals surface area contributed by atoms with Crippen molar-refractivity contribution in [3.8, 4) is 0 Å². The van der Waals surface area contributed by atoms with Gasteiger partial charge in [-0.3, -0.25) is 14.4 Å². The number of carbonyl (C=O) groups excluding carboxylic acids is 2. The minimum Gasteiger partial charge on any atom is -0.366 e. The molecule has 2 aromatic carbocycles. The second-order valence-electron chi connectivity index (χ2n) is 8.88. The Morgan fingerprint density at radius 3 is 2.53 bits per heavy atom. The van der Waals surface area contributed by atoms with Crippen LogP contribution in [-0.4, -0.2) is 83.9 Å². The number of carbonyl (C=O) groups is 2. The summed E-state index contributed by atoms with van der Waals surface area (Å²) in [5.74, 6) is -0.676. The van der Waals surface area contributed by atoms with Crippen molar-refractivity contribution in [2.45, 2.75) is 18.8 Å².